The van der Waals surface area contributed by atoms with E-state index < -0.39 is 6.10 Å². The number of aryl methyl sites for hydroxylation is 1. The Kier molecular flexibility index (Phi) is 12.1. The van der Waals surface area contributed by atoms with Crippen LogP contribution < -0.4 is 15.8 Å². The maximum absolute atomic E-state index is 12.6. The first-order valence-electron chi connectivity index (χ1n) is 17.9. The Morgan fingerprint density at radius 1 is 1.14 bits per heavy atom. The summed E-state index contributed by atoms with van der Waals surface area (Å²) in [6.07, 6.45) is 6.31. The van der Waals surface area contributed by atoms with Gasteiger partial charge in [0.25, 0.3) is 0 Å². The predicted octanol–water partition coefficient (Wildman–Crippen LogP) is 2.57. The number of hydrogen-bond acceptors (Lipinski definition) is 10. The van der Waals surface area contributed by atoms with Gasteiger partial charge in [-0.25, -0.2) is 0 Å². The average molecular weight is 702 g/mol. The second-order valence-electron chi connectivity index (χ2n) is 13.9. The number of amides is 1. The number of piperidine rings is 1. The van der Waals surface area contributed by atoms with Gasteiger partial charge in [0, 0.05) is 84.1 Å². The molecule has 274 valence electrons. The highest BCUT2D eigenvalue weighted by atomic mass is 16.5. The Hall–Kier alpha value is -4.27. The molecular formula is C38H51N7O6. The van der Waals surface area contributed by atoms with Crippen LogP contribution in [0.25, 0.3) is 10.9 Å². The first-order chi connectivity index (χ1) is 24.7. The van der Waals surface area contributed by atoms with Crippen molar-refractivity contribution in [2.24, 2.45) is 7.05 Å². The van der Waals surface area contributed by atoms with E-state index in [0.29, 0.717) is 49.2 Å². The summed E-state index contributed by atoms with van der Waals surface area (Å²) >= 11 is 0. The van der Waals surface area contributed by atoms with Crippen molar-refractivity contribution in [3.63, 3.8) is 0 Å². The number of aromatic hydroxyl groups is 1. The van der Waals surface area contributed by atoms with Crippen LogP contribution >= 0.6 is 0 Å². The number of fused-ring (bicyclic) bond motifs is 1. The van der Waals surface area contributed by atoms with Gasteiger partial charge in [0.1, 0.15) is 5.75 Å². The van der Waals surface area contributed by atoms with Gasteiger partial charge in [0.05, 0.1) is 55.3 Å². The van der Waals surface area contributed by atoms with E-state index in [1.54, 1.807) is 24.1 Å². The third-order valence-electron chi connectivity index (χ3n) is 10.1. The fourth-order valence-corrected chi connectivity index (χ4v) is 7.11. The lowest BCUT2D eigenvalue weighted by atomic mass is 9.89. The molecule has 0 aliphatic carbocycles. The molecule has 6 rings (SSSR count). The number of aromatic amines is 1. The van der Waals surface area contributed by atoms with Gasteiger partial charge in [-0.15, -0.1) is 0 Å². The van der Waals surface area contributed by atoms with Crippen LogP contribution in [0.4, 0.5) is 5.69 Å². The van der Waals surface area contributed by atoms with Crippen LogP contribution in [0.1, 0.15) is 42.1 Å². The summed E-state index contributed by atoms with van der Waals surface area (Å²) in [6.45, 7) is 7.66. The number of anilines is 1. The summed E-state index contributed by atoms with van der Waals surface area (Å²) in [5.41, 5.74) is 4.19. The number of carbonyl (C=O) groups is 1. The van der Waals surface area contributed by atoms with Crippen LogP contribution in [0.15, 0.2) is 65.7 Å². The Morgan fingerprint density at radius 2 is 1.96 bits per heavy atom. The molecule has 0 saturated carbocycles. The minimum atomic E-state index is -0.853. The van der Waals surface area contributed by atoms with Crippen molar-refractivity contribution in [3.8, 4) is 5.75 Å². The van der Waals surface area contributed by atoms with Gasteiger partial charge in [-0.2, -0.15) is 5.10 Å². The SMILES string of the molecule is CN(CCNCC(O)c1ccc(O)c2[nH]c(=O)ccc12)C(=O)CCOCCc1cccc(CN2CCC3(CC2)CN(c2cnn(C)c2)CCO3)c1. The van der Waals surface area contributed by atoms with E-state index in [1.165, 1.54) is 28.9 Å². The highest BCUT2D eigenvalue weighted by Gasteiger charge is 2.40. The molecule has 2 fully saturated rings. The Bertz CT molecular complexity index is 1820. The van der Waals surface area contributed by atoms with Crippen LogP contribution in [-0.2, 0) is 34.3 Å². The molecule has 2 aliphatic heterocycles. The molecule has 51 heavy (non-hydrogen) atoms. The lowest BCUT2D eigenvalue weighted by Crippen LogP contribution is -2.56. The number of phenolic OH excluding ortho intramolecular Hbond substituents is 1. The first kappa shape index (κ1) is 36.5. The number of nitrogens with one attached hydrogen (secondary N) is 2. The lowest BCUT2D eigenvalue weighted by molar-refractivity contribution is -0.131. The summed E-state index contributed by atoms with van der Waals surface area (Å²) < 4.78 is 14.1. The second-order valence-corrected chi connectivity index (χ2v) is 13.9. The molecule has 2 aromatic heterocycles. The molecule has 1 spiro atoms. The van der Waals surface area contributed by atoms with E-state index in [1.807, 2.05) is 17.9 Å². The van der Waals surface area contributed by atoms with Gasteiger partial charge < -0.3 is 39.8 Å². The van der Waals surface area contributed by atoms with Gasteiger partial charge in [-0.05, 0) is 48.1 Å². The van der Waals surface area contributed by atoms with Crippen molar-refractivity contribution in [3.05, 3.63) is 88.0 Å². The molecule has 1 atom stereocenters. The quantitative estimate of drug-likeness (QED) is 0.136. The van der Waals surface area contributed by atoms with Crippen LogP contribution in [-0.4, -0.2) is 119 Å². The third-order valence-corrected chi connectivity index (χ3v) is 10.1. The number of likely N-dealkylation sites (tertiary alicyclic amines) is 1. The highest BCUT2D eigenvalue weighted by molar-refractivity contribution is 5.87. The zero-order chi connectivity index (χ0) is 35.8. The molecule has 13 nitrogen and oxygen atoms in total. The molecule has 1 amide bonds. The summed E-state index contributed by atoms with van der Waals surface area (Å²) in [4.78, 5) is 33.5. The van der Waals surface area contributed by atoms with E-state index in [4.69, 9.17) is 9.47 Å². The number of aromatic nitrogens is 3. The monoisotopic (exact) mass is 701 g/mol. The van der Waals surface area contributed by atoms with Crippen molar-refractivity contribution >= 4 is 22.5 Å². The predicted molar refractivity (Wildman–Crippen MR) is 196 cm³/mol. The minimum Gasteiger partial charge on any atom is -0.506 e. The number of ether oxygens (including phenoxy) is 2. The molecule has 2 saturated heterocycles. The van der Waals surface area contributed by atoms with Gasteiger partial charge in [-0.3, -0.25) is 19.2 Å². The summed E-state index contributed by atoms with van der Waals surface area (Å²) in [5.74, 6) is -0.0492. The van der Waals surface area contributed by atoms with E-state index >= 15 is 0 Å². The molecule has 4 heterocycles. The van der Waals surface area contributed by atoms with E-state index in [9.17, 15) is 19.8 Å². The van der Waals surface area contributed by atoms with E-state index in [-0.39, 0.29) is 29.4 Å². The second kappa shape index (κ2) is 16.8. The van der Waals surface area contributed by atoms with Gasteiger partial charge in [0.2, 0.25) is 11.5 Å². The highest BCUT2D eigenvalue weighted by Crippen LogP contribution is 2.33. The van der Waals surface area contributed by atoms with Gasteiger partial charge in [0.15, 0.2) is 0 Å². The lowest BCUT2D eigenvalue weighted by Gasteiger charge is -2.47. The Labute approximate surface area is 298 Å². The average Bonchev–Trinajstić information content (AvgIpc) is 3.57. The molecule has 1 unspecified atom stereocenters. The van der Waals surface area contributed by atoms with E-state index in [2.05, 4.69) is 55.7 Å². The van der Waals surface area contributed by atoms with Crippen molar-refractivity contribution in [1.82, 2.24) is 29.9 Å². The van der Waals surface area contributed by atoms with Crippen molar-refractivity contribution in [2.45, 2.75) is 43.9 Å². The topological polar surface area (TPSA) is 148 Å². The Balaban J connectivity index is 0.849. The fourth-order valence-electron chi connectivity index (χ4n) is 7.11. The molecular weight excluding hydrogens is 650 g/mol. The number of phenols is 1. The fraction of sp³-hybridized carbons (Fsp3) is 0.500. The maximum atomic E-state index is 12.6. The summed E-state index contributed by atoms with van der Waals surface area (Å²) in [6, 6.07) is 14.8. The number of hydrogen-bond donors (Lipinski definition) is 4. The molecule has 13 heteroatoms. The number of likely N-dealkylation sites (N-methyl/N-ethyl adjacent to an activating group) is 1. The number of H-pyrrole nitrogens is 1. The third kappa shape index (κ3) is 9.54. The number of aliphatic hydroxyl groups is 1. The molecule has 2 aromatic carbocycles. The zero-order valence-electron chi connectivity index (χ0n) is 29.7. The Morgan fingerprint density at radius 3 is 2.76 bits per heavy atom. The van der Waals surface area contributed by atoms with Gasteiger partial charge in [-0.1, -0.05) is 30.3 Å². The maximum Gasteiger partial charge on any atom is 0.248 e. The number of pyridine rings is 1. The summed E-state index contributed by atoms with van der Waals surface area (Å²) in [5, 5.41) is 28.9. The molecule has 0 bridgehead atoms. The van der Waals surface area contributed by atoms with Crippen molar-refractivity contribution in [1.29, 1.82) is 0 Å². The van der Waals surface area contributed by atoms with Crippen LogP contribution in [0.2, 0.25) is 0 Å². The number of nitrogens with zero attached hydrogens (tertiary/aromatic N) is 5. The van der Waals surface area contributed by atoms with Crippen molar-refractivity contribution < 1.29 is 24.5 Å². The molecule has 2 aliphatic rings. The molecule has 4 aromatic rings. The molecule has 4 N–H and O–H groups in total. The number of rotatable bonds is 15. The van der Waals surface area contributed by atoms with E-state index in [0.717, 1.165) is 58.6 Å². The van der Waals surface area contributed by atoms with Gasteiger partial charge >= 0.3 is 0 Å². The largest absolute Gasteiger partial charge is 0.506 e. The van der Waals surface area contributed by atoms with Crippen LogP contribution in [0.5, 0.6) is 5.75 Å². The zero-order valence-corrected chi connectivity index (χ0v) is 29.7. The number of morpholine rings is 1. The number of aliphatic hydroxyl groups excluding tert-OH is 1. The normalized spacial score (nSPS) is 16.9. The minimum absolute atomic E-state index is 0.000417. The smallest absolute Gasteiger partial charge is 0.248 e. The van der Waals surface area contributed by atoms with Crippen LogP contribution in [0, 0.1) is 0 Å². The van der Waals surface area contributed by atoms with Crippen molar-refractivity contribution in [2.75, 3.05) is 77.6 Å². The van der Waals surface area contributed by atoms with Crippen LogP contribution in [0.3, 0.4) is 0 Å². The number of carbonyl (C=O) groups excluding carboxylic acids is 1. The number of benzene rings is 2. The standard InChI is InChI=1S/C38H51N7O6/c1-42(17-14-39-24-34(47)31-6-8-33(46)37-32(31)7-9-35(48)41-37)36(49)11-20-50-19-10-28-4-3-5-29(22-28)25-44-15-12-38(13-16-44)27-45(18-21-51-38)30-23-40-43(2)26-30/h3-9,22-23,26,34,39,46-47H,10-21,24-25,27H2,1-2H3,(H,41,48). The summed E-state index contributed by atoms with van der Waals surface area (Å²) in [7, 11) is 3.72. The first-order valence-corrected chi connectivity index (χ1v) is 17.9. The molecule has 0 radical (unpaired) electrons.